The summed E-state index contributed by atoms with van der Waals surface area (Å²) in [5.41, 5.74) is -0.0945. The van der Waals surface area contributed by atoms with Crippen molar-refractivity contribution in [2.45, 2.75) is 25.3 Å². The molecule has 1 aromatic rings. The van der Waals surface area contributed by atoms with Crippen molar-refractivity contribution in [3.05, 3.63) is 24.3 Å². The molecule has 0 radical (unpaired) electrons. The van der Waals surface area contributed by atoms with Gasteiger partial charge in [-0.05, 0) is 31.9 Å². The Morgan fingerprint density at radius 2 is 2.25 bits per heavy atom. The van der Waals surface area contributed by atoms with E-state index in [0.717, 1.165) is 12.7 Å². The molecule has 0 atom stereocenters. The average molecular weight is 302 g/mol. The van der Waals surface area contributed by atoms with Gasteiger partial charge in [0.1, 0.15) is 0 Å². The molecule has 1 aromatic heterocycles. The number of hydrogen-bond donors (Lipinski definition) is 2. The molecule has 0 saturated heterocycles. The number of halogens is 1. The van der Waals surface area contributed by atoms with Crippen LogP contribution in [0.25, 0.3) is 0 Å². The monoisotopic (exact) mass is 302 g/mol. The van der Waals surface area contributed by atoms with Crippen molar-refractivity contribution in [3.8, 4) is 0 Å². The molecule has 1 fully saturated rings. The van der Waals surface area contributed by atoms with Crippen molar-refractivity contribution in [1.82, 2.24) is 14.6 Å². The van der Waals surface area contributed by atoms with Gasteiger partial charge in [0.15, 0.2) is 5.82 Å². The summed E-state index contributed by atoms with van der Waals surface area (Å²) in [6.07, 6.45) is 5.43. The maximum Gasteiger partial charge on any atom is 0.301 e. The fourth-order valence-corrected chi connectivity index (χ4v) is 2.66. The first-order valence-electron chi connectivity index (χ1n) is 6.56. The summed E-state index contributed by atoms with van der Waals surface area (Å²) in [7, 11) is -2.26. The van der Waals surface area contributed by atoms with Crippen molar-refractivity contribution in [2.24, 2.45) is 0 Å². The van der Waals surface area contributed by atoms with Gasteiger partial charge in [0.2, 0.25) is 0 Å². The van der Waals surface area contributed by atoms with Crippen molar-refractivity contribution in [1.29, 1.82) is 0 Å². The highest BCUT2D eigenvalue weighted by atomic mass is 32.2. The van der Waals surface area contributed by atoms with E-state index in [1.807, 2.05) is 0 Å². The lowest BCUT2D eigenvalue weighted by atomic mass is 10.4. The lowest BCUT2D eigenvalue weighted by Gasteiger charge is -2.18. The van der Waals surface area contributed by atoms with E-state index in [9.17, 15) is 12.8 Å². The molecule has 6 nitrogen and oxygen atoms in total. The minimum absolute atomic E-state index is 0.0945. The van der Waals surface area contributed by atoms with Gasteiger partial charge in [0, 0.05) is 25.8 Å². The highest BCUT2D eigenvalue weighted by Crippen LogP contribution is 2.18. The van der Waals surface area contributed by atoms with Crippen molar-refractivity contribution in [2.75, 3.05) is 24.9 Å². The Labute approximate surface area is 118 Å². The Morgan fingerprint density at radius 3 is 2.90 bits per heavy atom. The van der Waals surface area contributed by atoms with Crippen LogP contribution in [0.5, 0.6) is 0 Å². The third kappa shape index (κ3) is 4.39. The summed E-state index contributed by atoms with van der Waals surface area (Å²) in [5.74, 6) is -0.695. The zero-order chi connectivity index (χ0) is 14.6. The highest BCUT2D eigenvalue weighted by Gasteiger charge is 2.21. The molecule has 1 saturated carbocycles. The van der Waals surface area contributed by atoms with Crippen molar-refractivity contribution < 1.29 is 12.8 Å². The number of nitrogens with one attached hydrogen (secondary N) is 2. The van der Waals surface area contributed by atoms with Gasteiger partial charge in [0.25, 0.3) is 0 Å². The zero-order valence-corrected chi connectivity index (χ0v) is 12.2. The maximum atomic E-state index is 13.4. The van der Waals surface area contributed by atoms with Crippen LogP contribution in [0.4, 0.5) is 10.1 Å². The van der Waals surface area contributed by atoms with Crippen LogP contribution in [-0.4, -0.2) is 43.9 Å². The summed E-state index contributed by atoms with van der Waals surface area (Å²) in [5, 5.41) is 3.31. The molecular formula is C12H19FN4O2S. The number of aromatic nitrogens is 1. The van der Waals surface area contributed by atoms with Crippen LogP contribution < -0.4 is 10.0 Å². The van der Waals surface area contributed by atoms with Gasteiger partial charge in [-0.25, -0.2) is 4.39 Å². The predicted molar refractivity (Wildman–Crippen MR) is 75.0 cm³/mol. The van der Waals surface area contributed by atoms with E-state index >= 15 is 0 Å². The zero-order valence-electron chi connectivity index (χ0n) is 11.3. The molecule has 0 unspecified atom stereocenters. The van der Waals surface area contributed by atoms with Crippen molar-refractivity contribution in [3.63, 3.8) is 0 Å². The number of rotatable bonds is 8. The largest absolute Gasteiger partial charge is 0.314 e. The van der Waals surface area contributed by atoms with Crippen LogP contribution in [0, 0.1) is 5.82 Å². The van der Waals surface area contributed by atoms with Gasteiger partial charge in [-0.1, -0.05) is 0 Å². The normalized spacial score (nSPS) is 15.6. The second-order valence-electron chi connectivity index (χ2n) is 4.87. The quantitative estimate of drug-likeness (QED) is 0.701. The summed E-state index contributed by atoms with van der Waals surface area (Å²) in [6.45, 7) is 1.16. The Bertz CT molecular complexity index is 548. The highest BCUT2D eigenvalue weighted by molar-refractivity contribution is 7.90. The molecule has 2 N–H and O–H groups in total. The predicted octanol–water partition coefficient (Wildman–Crippen LogP) is 0.951. The Morgan fingerprint density at radius 1 is 1.50 bits per heavy atom. The number of pyridine rings is 1. The molecule has 1 aliphatic carbocycles. The van der Waals surface area contributed by atoms with Crippen LogP contribution in [0.2, 0.25) is 0 Å². The fraction of sp³-hybridized carbons (Fsp3) is 0.583. The van der Waals surface area contributed by atoms with Gasteiger partial charge in [0.05, 0.1) is 11.9 Å². The van der Waals surface area contributed by atoms with Gasteiger partial charge >= 0.3 is 10.2 Å². The van der Waals surface area contributed by atoms with Crippen LogP contribution in [0.3, 0.4) is 0 Å². The number of nitrogens with zero attached hydrogens (tertiary/aromatic N) is 2. The smallest absolute Gasteiger partial charge is 0.301 e. The van der Waals surface area contributed by atoms with Crippen LogP contribution >= 0.6 is 0 Å². The lowest BCUT2D eigenvalue weighted by Crippen LogP contribution is -2.35. The fourth-order valence-electron chi connectivity index (χ4n) is 1.69. The van der Waals surface area contributed by atoms with Gasteiger partial charge in [-0.15, -0.1) is 0 Å². The first-order chi connectivity index (χ1) is 9.49. The number of anilines is 1. The average Bonchev–Trinajstić information content (AvgIpc) is 3.21. The van der Waals surface area contributed by atoms with E-state index in [1.165, 1.54) is 36.5 Å². The number of hydrogen-bond acceptors (Lipinski definition) is 4. The molecule has 112 valence electrons. The molecule has 1 aliphatic rings. The SMILES string of the molecule is CN(CCCNC1CC1)S(=O)(=O)Nc1ccncc1F. The molecule has 20 heavy (non-hydrogen) atoms. The second-order valence-corrected chi connectivity index (χ2v) is 6.64. The van der Waals surface area contributed by atoms with Gasteiger partial charge in [-0.3, -0.25) is 9.71 Å². The summed E-state index contributed by atoms with van der Waals surface area (Å²) in [6, 6.07) is 1.90. The van der Waals surface area contributed by atoms with E-state index in [-0.39, 0.29) is 5.69 Å². The summed E-state index contributed by atoms with van der Waals surface area (Å²) >= 11 is 0. The van der Waals surface area contributed by atoms with E-state index in [4.69, 9.17) is 0 Å². The topological polar surface area (TPSA) is 74.3 Å². The molecule has 0 bridgehead atoms. The third-order valence-corrected chi connectivity index (χ3v) is 4.56. The van der Waals surface area contributed by atoms with Crippen LogP contribution in [0.15, 0.2) is 18.5 Å². The Balaban J connectivity index is 1.83. The van der Waals surface area contributed by atoms with Crippen LogP contribution in [0.1, 0.15) is 19.3 Å². The molecule has 1 heterocycles. The Kier molecular flexibility index (Phi) is 4.90. The van der Waals surface area contributed by atoms with E-state index < -0.39 is 16.0 Å². The molecule has 8 heteroatoms. The minimum Gasteiger partial charge on any atom is -0.314 e. The summed E-state index contributed by atoms with van der Waals surface area (Å²) < 4.78 is 40.8. The lowest BCUT2D eigenvalue weighted by molar-refractivity contribution is 0.457. The van der Waals surface area contributed by atoms with E-state index in [2.05, 4.69) is 15.0 Å². The Hall–Kier alpha value is -1.25. The minimum atomic E-state index is -3.73. The van der Waals surface area contributed by atoms with Gasteiger partial charge in [-0.2, -0.15) is 12.7 Å². The maximum absolute atomic E-state index is 13.4. The second kappa shape index (κ2) is 6.47. The van der Waals surface area contributed by atoms with Gasteiger partial charge < -0.3 is 5.32 Å². The first kappa shape index (κ1) is 15.1. The molecule has 2 rings (SSSR count). The standard InChI is InChI=1S/C12H19FN4O2S/c1-17(8-2-6-15-10-3-4-10)20(18,19)16-12-5-7-14-9-11(12)13/h5,7,9-10,15H,2-4,6,8H2,1H3,(H,14,16). The van der Waals surface area contributed by atoms with E-state index in [0.29, 0.717) is 19.0 Å². The molecular weight excluding hydrogens is 283 g/mol. The molecule has 0 aliphatic heterocycles. The molecule has 0 spiro atoms. The van der Waals surface area contributed by atoms with E-state index in [1.54, 1.807) is 0 Å². The summed E-state index contributed by atoms with van der Waals surface area (Å²) in [4.78, 5) is 3.57. The van der Waals surface area contributed by atoms with Crippen LogP contribution in [-0.2, 0) is 10.2 Å². The molecule has 0 amide bonds. The van der Waals surface area contributed by atoms with Crippen molar-refractivity contribution >= 4 is 15.9 Å². The third-order valence-electron chi connectivity index (χ3n) is 3.08. The first-order valence-corrected chi connectivity index (χ1v) is 8.00. The molecule has 0 aromatic carbocycles.